The van der Waals surface area contributed by atoms with Crippen molar-refractivity contribution >= 4 is 5.91 Å². The molecule has 4 rings (SSSR count). The van der Waals surface area contributed by atoms with Crippen molar-refractivity contribution in [1.82, 2.24) is 15.1 Å². The Morgan fingerprint density at radius 2 is 1.90 bits per heavy atom. The van der Waals surface area contributed by atoms with Crippen molar-refractivity contribution < 1.29 is 4.79 Å². The quantitative estimate of drug-likeness (QED) is 0.720. The maximum atomic E-state index is 12.6. The first-order valence-corrected chi connectivity index (χ1v) is 11.5. The smallest absolute Gasteiger partial charge is 0.221 e. The average molecular weight is 406 g/mol. The maximum Gasteiger partial charge on any atom is 0.221 e. The molecule has 2 aliphatic rings. The Morgan fingerprint density at radius 1 is 1.10 bits per heavy atom. The van der Waals surface area contributed by atoms with Crippen molar-refractivity contribution in [1.29, 1.82) is 0 Å². The van der Waals surface area contributed by atoms with E-state index in [1.807, 2.05) is 0 Å². The molecule has 1 aliphatic carbocycles. The fraction of sp³-hybridized carbons (Fsp3) is 0.500. The normalized spacial score (nSPS) is 21.5. The van der Waals surface area contributed by atoms with Crippen molar-refractivity contribution in [2.75, 3.05) is 33.2 Å². The van der Waals surface area contributed by atoms with Crippen LogP contribution in [0.2, 0.25) is 0 Å². The predicted octanol–water partition coefficient (Wildman–Crippen LogP) is 4.02. The third kappa shape index (κ3) is 5.71. The number of fused-ring (bicyclic) bond motifs is 1. The van der Waals surface area contributed by atoms with Gasteiger partial charge < -0.3 is 10.2 Å². The number of nitrogens with zero attached hydrogens (tertiary/aromatic N) is 2. The van der Waals surface area contributed by atoms with Gasteiger partial charge in [-0.1, -0.05) is 54.6 Å². The molecule has 160 valence electrons. The number of hydrogen-bond donors (Lipinski definition) is 1. The minimum absolute atomic E-state index is 0.181. The lowest BCUT2D eigenvalue weighted by molar-refractivity contribution is -0.122. The van der Waals surface area contributed by atoms with Crippen LogP contribution in [0.15, 0.2) is 54.6 Å². The Labute approximate surface area is 181 Å². The van der Waals surface area contributed by atoms with Gasteiger partial charge in [-0.3, -0.25) is 9.69 Å². The first-order valence-electron chi connectivity index (χ1n) is 11.5. The number of aryl methyl sites for hydroxylation is 1. The highest BCUT2D eigenvalue weighted by Crippen LogP contribution is 2.29. The summed E-state index contributed by atoms with van der Waals surface area (Å²) in [4.78, 5) is 17.5. The summed E-state index contributed by atoms with van der Waals surface area (Å²) in [5.41, 5.74) is 4.11. The highest BCUT2D eigenvalue weighted by molar-refractivity contribution is 5.76. The Bertz CT molecular complexity index is 822. The van der Waals surface area contributed by atoms with Crippen molar-refractivity contribution in [3.63, 3.8) is 0 Å². The van der Waals surface area contributed by atoms with Crippen molar-refractivity contribution in [2.24, 2.45) is 5.92 Å². The number of carbonyl (C=O) groups is 1. The van der Waals surface area contributed by atoms with Crippen LogP contribution in [0.4, 0.5) is 0 Å². The van der Waals surface area contributed by atoms with E-state index in [0.29, 0.717) is 12.3 Å². The molecule has 2 aromatic rings. The summed E-state index contributed by atoms with van der Waals surface area (Å²) in [6, 6.07) is 19.5. The van der Waals surface area contributed by atoms with Crippen LogP contribution >= 0.6 is 0 Å². The Balaban J connectivity index is 1.17. The Kier molecular flexibility index (Phi) is 7.19. The fourth-order valence-corrected chi connectivity index (χ4v) is 5.04. The van der Waals surface area contributed by atoms with E-state index < -0.39 is 0 Å². The SMILES string of the molecule is CN(CCC(=O)N[C@@H]1CCCc2ccccc21)C[C@@H]1CCN(Cc2ccccc2)C1. The molecule has 0 unspecified atom stereocenters. The molecule has 1 N–H and O–H groups in total. The van der Waals surface area contributed by atoms with E-state index in [2.05, 4.69) is 76.8 Å². The van der Waals surface area contributed by atoms with E-state index in [-0.39, 0.29) is 11.9 Å². The molecule has 1 fully saturated rings. The summed E-state index contributed by atoms with van der Waals surface area (Å²) in [6.45, 7) is 5.28. The number of carbonyl (C=O) groups excluding carboxylic acids is 1. The monoisotopic (exact) mass is 405 g/mol. The largest absolute Gasteiger partial charge is 0.349 e. The third-order valence-corrected chi connectivity index (χ3v) is 6.61. The minimum Gasteiger partial charge on any atom is -0.349 e. The van der Waals surface area contributed by atoms with Crippen molar-refractivity contribution in [3.8, 4) is 0 Å². The van der Waals surface area contributed by atoms with E-state index in [9.17, 15) is 4.79 Å². The summed E-state index contributed by atoms with van der Waals surface area (Å²) < 4.78 is 0. The van der Waals surface area contributed by atoms with Crippen molar-refractivity contribution in [2.45, 2.75) is 44.7 Å². The summed E-state index contributed by atoms with van der Waals surface area (Å²) in [5, 5.41) is 3.28. The molecule has 0 spiro atoms. The molecule has 1 heterocycles. The number of hydrogen-bond acceptors (Lipinski definition) is 3. The second-order valence-corrected chi connectivity index (χ2v) is 9.10. The first-order chi connectivity index (χ1) is 14.7. The zero-order valence-corrected chi connectivity index (χ0v) is 18.2. The van der Waals surface area contributed by atoms with E-state index in [0.717, 1.165) is 45.4 Å². The molecule has 2 aromatic carbocycles. The van der Waals surface area contributed by atoms with Gasteiger partial charge in [0.1, 0.15) is 0 Å². The van der Waals surface area contributed by atoms with Gasteiger partial charge in [0.15, 0.2) is 0 Å². The zero-order valence-electron chi connectivity index (χ0n) is 18.2. The van der Waals surface area contributed by atoms with Crippen LogP contribution in [-0.4, -0.2) is 48.9 Å². The standard InChI is InChI=1S/C26H35N3O/c1-28(18-22-14-17-29(20-22)19-21-8-3-2-4-9-21)16-15-26(30)27-25-13-7-11-23-10-5-6-12-24(23)25/h2-6,8-10,12,22,25H,7,11,13-20H2,1H3,(H,27,30)/t22-,25+/m0/s1. The van der Waals surface area contributed by atoms with E-state index in [1.165, 1.54) is 29.7 Å². The van der Waals surface area contributed by atoms with Crippen LogP contribution in [0.5, 0.6) is 0 Å². The highest BCUT2D eigenvalue weighted by Gasteiger charge is 2.24. The highest BCUT2D eigenvalue weighted by atomic mass is 16.1. The van der Waals surface area contributed by atoms with Crippen LogP contribution in [0.3, 0.4) is 0 Å². The lowest BCUT2D eigenvalue weighted by atomic mass is 9.87. The topological polar surface area (TPSA) is 35.6 Å². The van der Waals surface area contributed by atoms with Crippen LogP contribution < -0.4 is 5.32 Å². The van der Waals surface area contributed by atoms with Crippen LogP contribution in [0.25, 0.3) is 0 Å². The molecular formula is C26H35N3O. The summed E-state index contributed by atoms with van der Waals surface area (Å²) in [5.74, 6) is 0.882. The molecule has 4 heteroatoms. The van der Waals surface area contributed by atoms with Gasteiger partial charge in [0.2, 0.25) is 5.91 Å². The maximum absolute atomic E-state index is 12.6. The minimum atomic E-state index is 0.181. The van der Waals surface area contributed by atoms with E-state index in [4.69, 9.17) is 0 Å². The number of likely N-dealkylation sites (tertiary alicyclic amines) is 1. The van der Waals surface area contributed by atoms with Crippen LogP contribution in [0.1, 0.15) is 48.4 Å². The zero-order chi connectivity index (χ0) is 20.8. The molecule has 0 radical (unpaired) electrons. The first kappa shape index (κ1) is 21.1. The molecule has 1 saturated heterocycles. The van der Waals surface area contributed by atoms with Gasteiger partial charge in [-0.15, -0.1) is 0 Å². The molecule has 2 atom stereocenters. The van der Waals surface area contributed by atoms with Gasteiger partial charge in [-0.25, -0.2) is 0 Å². The molecule has 30 heavy (non-hydrogen) atoms. The number of amides is 1. The van der Waals surface area contributed by atoms with E-state index >= 15 is 0 Å². The van der Waals surface area contributed by atoms with Gasteiger partial charge in [-0.2, -0.15) is 0 Å². The van der Waals surface area contributed by atoms with Gasteiger partial charge >= 0.3 is 0 Å². The second kappa shape index (κ2) is 10.2. The summed E-state index contributed by atoms with van der Waals surface area (Å²) in [7, 11) is 2.16. The molecule has 1 amide bonds. The van der Waals surface area contributed by atoms with Gasteiger partial charge in [0.25, 0.3) is 0 Å². The lowest BCUT2D eigenvalue weighted by Crippen LogP contribution is -2.35. The molecule has 1 aliphatic heterocycles. The molecule has 0 aromatic heterocycles. The van der Waals surface area contributed by atoms with Crippen LogP contribution in [0, 0.1) is 5.92 Å². The summed E-state index contributed by atoms with van der Waals surface area (Å²) in [6.07, 6.45) is 5.17. The van der Waals surface area contributed by atoms with Gasteiger partial charge in [-0.05, 0) is 61.9 Å². The molecular weight excluding hydrogens is 370 g/mol. The molecule has 0 saturated carbocycles. The predicted molar refractivity (Wildman–Crippen MR) is 122 cm³/mol. The number of benzene rings is 2. The summed E-state index contributed by atoms with van der Waals surface area (Å²) >= 11 is 0. The van der Waals surface area contributed by atoms with Crippen molar-refractivity contribution in [3.05, 3.63) is 71.3 Å². The van der Waals surface area contributed by atoms with Gasteiger partial charge in [0.05, 0.1) is 6.04 Å². The molecule has 4 nitrogen and oxygen atoms in total. The van der Waals surface area contributed by atoms with Gasteiger partial charge in [0, 0.05) is 32.6 Å². The lowest BCUT2D eigenvalue weighted by Gasteiger charge is -2.27. The van der Waals surface area contributed by atoms with E-state index in [1.54, 1.807) is 0 Å². The number of rotatable bonds is 8. The fourth-order valence-electron chi connectivity index (χ4n) is 5.04. The number of nitrogens with one attached hydrogen (secondary N) is 1. The third-order valence-electron chi connectivity index (χ3n) is 6.61. The average Bonchev–Trinajstić information content (AvgIpc) is 3.20. The molecule has 0 bridgehead atoms. The second-order valence-electron chi connectivity index (χ2n) is 9.10. The van der Waals surface area contributed by atoms with Crippen LogP contribution in [-0.2, 0) is 17.8 Å². The Hall–Kier alpha value is -2.17. The Morgan fingerprint density at radius 3 is 2.77 bits per heavy atom.